The molecular formula is C16H12ClN. The van der Waals surface area contributed by atoms with Crippen molar-refractivity contribution in [2.75, 3.05) is 0 Å². The maximum atomic E-state index is 6.15. The Bertz CT molecular complexity index is 719. The molecular weight excluding hydrogens is 242 g/mol. The Morgan fingerprint density at radius 2 is 1.78 bits per heavy atom. The number of rotatable bonds is 1. The summed E-state index contributed by atoms with van der Waals surface area (Å²) in [4.78, 5) is 4.66. The normalized spacial score (nSPS) is 10.8. The summed E-state index contributed by atoms with van der Waals surface area (Å²) in [5.41, 5.74) is 4.10. The lowest BCUT2D eigenvalue weighted by Gasteiger charge is -2.05. The Morgan fingerprint density at radius 1 is 0.944 bits per heavy atom. The van der Waals surface area contributed by atoms with E-state index in [2.05, 4.69) is 23.2 Å². The van der Waals surface area contributed by atoms with E-state index < -0.39 is 0 Å². The highest BCUT2D eigenvalue weighted by Crippen LogP contribution is 2.25. The van der Waals surface area contributed by atoms with Crippen LogP contribution in [0.2, 0.25) is 5.02 Å². The number of aromatic nitrogens is 1. The molecule has 88 valence electrons. The molecule has 0 saturated carbocycles. The third kappa shape index (κ3) is 1.98. The van der Waals surface area contributed by atoms with Gasteiger partial charge in [-0.05, 0) is 30.7 Å². The van der Waals surface area contributed by atoms with Crippen LogP contribution in [0.4, 0.5) is 0 Å². The fraction of sp³-hybridized carbons (Fsp3) is 0.0625. The second kappa shape index (κ2) is 4.43. The maximum absolute atomic E-state index is 6.15. The van der Waals surface area contributed by atoms with E-state index in [-0.39, 0.29) is 0 Å². The van der Waals surface area contributed by atoms with Crippen LogP contribution >= 0.6 is 11.6 Å². The highest BCUT2D eigenvalue weighted by Gasteiger charge is 2.03. The predicted octanol–water partition coefficient (Wildman–Crippen LogP) is 4.86. The van der Waals surface area contributed by atoms with E-state index in [9.17, 15) is 0 Å². The molecule has 0 amide bonds. The molecule has 2 aromatic carbocycles. The number of fused-ring (bicyclic) bond motifs is 1. The van der Waals surface area contributed by atoms with Crippen LogP contribution in [0.25, 0.3) is 22.2 Å². The molecule has 18 heavy (non-hydrogen) atoms. The summed E-state index contributed by atoms with van der Waals surface area (Å²) in [6.07, 6.45) is 0. The Morgan fingerprint density at radius 3 is 2.61 bits per heavy atom. The summed E-state index contributed by atoms with van der Waals surface area (Å²) in [5, 5.41) is 1.93. The topological polar surface area (TPSA) is 12.9 Å². The molecule has 0 aliphatic heterocycles. The first-order chi connectivity index (χ1) is 8.74. The van der Waals surface area contributed by atoms with Crippen molar-refractivity contribution in [1.82, 2.24) is 4.98 Å². The fourth-order valence-corrected chi connectivity index (χ4v) is 2.16. The highest BCUT2D eigenvalue weighted by molar-refractivity contribution is 6.31. The summed E-state index contributed by atoms with van der Waals surface area (Å²) in [7, 11) is 0. The predicted molar refractivity (Wildman–Crippen MR) is 76.9 cm³/mol. The standard InChI is InChI=1S/C16H12ClN/c1-11-6-7-13(10-14(11)17)16-9-8-12-4-2-3-5-15(12)18-16/h2-10H,1H3. The Kier molecular flexibility index (Phi) is 2.77. The van der Waals surface area contributed by atoms with E-state index in [1.54, 1.807) is 0 Å². The van der Waals surface area contributed by atoms with E-state index in [0.717, 1.165) is 32.7 Å². The molecule has 3 aromatic rings. The smallest absolute Gasteiger partial charge is 0.0710 e. The number of pyridine rings is 1. The lowest BCUT2D eigenvalue weighted by atomic mass is 10.1. The van der Waals surface area contributed by atoms with E-state index >= 15 is 0 Å². The SMILES string of the molecule is Cc1ccc(-c2ccc3ccccc3n2)cc1Cl. The van der Waals surface area contributed by atoms with Crippen molar-refractivity contribution in [2.24, 2.45) is 0 Å². The summed E-state index contributed by atoms with van der Waals surface area (Å²) in [5.74, 6) is 0. The van der Waals surface area contributed by atoms with Crippen molar-refractivity contribution in [2.45, 2.75) is 6.92 Å². The number of benzene rings is 2. The van der Waals surface area contributed by atoms with Crippen LogP contribution in [0.15, 0.2) is 54.6 Å². The van der Waals surface area contributed by atoms with E-state index in [0.29, 0.717) is 0 Å². The van der Waals surface area contributed by atoms with Crippen LogP contribution in [0.3, 0.4) is 0 Å². The number of aryl methyl sites for hydroxylation is 1. The molecule has 0 bridgehead atoms. The van der Waals surface area contributed by atoms with Crippen LogP contribution in [0.5, 0.6) is 0 Å². The molecule has 1 heterocycles. The molecule has 0 spiro atoms. The Balaban J connectivity index is 2.16. The molecule has 0 fully saturated rings. The van der Waals surface area contributed by atoms with Gasteiger partial charge in [-0.15, -0.1) is 0 Å². The van der Waals surface area contributed by atoms with Crippen molar-refractivity contribution < 1.29 is 0 Å². The lowest BCUT2D eigenvalue weighted by molar-refractivity contribution is 1.38. The van der Waals surface area contributed by atoms with Crippen molar-refractivity contribution >= 4 is 22.5 Å². The Hall–Kier alpha value is -1.86. The van der Waals surface area contributed by atoms with Crippen LogP contribution < -0.4 is 0 Å². The van der Waals surface area contributed by atoms with Gasteiger partial charge in [-0.1, -0.05) is 48.0 Å². The van der Waals surface area contributed by atoms with Crippen LogP contribution in [-0.4, -0.2) is 4.98 Å². The van der Waals surface area contributed by atoms with Gasteiger partial charge >= 0.3 is 0 Å². The zero-order valence-corrected chi connectivity index (χ0v) is 10.8. The first-order valence-corrected chi connectivity index (χ1v) is 6.24. The van der Waals surface area contributed by atoms with Crippen molar-refractivity contribution in [3.8, 4) is 11.3 Å². The quantitative estimate of drug-likeness (QED) is 0.603. The summed E-state index contributed by atoms with van der Waals surface area (Å²) in [6.45, 7) is 2.00. The molecule has 3 rings (SSSR count). The summed E-state index contributed by atoms with van der Waals surface area (Å²) >= 11 is 6.15. The van der Waals surface area contributed by atoms with Crippen LogP contribution in [-0.2, 0) is 0 Å². The van der Waals surface area contributed by atoms with Crippen molar-refractivity contribution in [1.29, 1.82) is 0 Å². The second-order valence-corrected chi connectivity index (χ2v) is 4.76. The first-order valence-electron chi connectivity index (χ1n) is 5.86. The summed E-state index contributed by atoms with van der Waals surface area (Å²) in [6, 6.07) is 18.3. The minimum Gasteiger partial charge on any atom is -0.248 e. The van der Waals surface area contributed by atoms with Gasteiger partial charge in [0.2, 0.25) is 0 Å². The van der Waals surface area contributed by atoms with Gasteiger partial charge in [0.25, 0.3) is 0 Å². The van der Waals surface area contributed by atoms with Gasteiger partial charge in [-0.2, -0.15) is 0 Å². The molecule has 0 aliphatic rings. The third-order valence-electron chi connectivity index (χ3n) is 3.07. The minimum absolute atomic E-state index is 0.780. The van der Waals surface area contributed by atoms with E-state index in [1.165, 1.54) is 0 Å². The molecule has 2 heteroatoms. The van der Waals surface area contributed by atoms with E-state index in [4.69, 9.17) is 11.6 Å². The molecule has 0 saturated heterocycles. The van der Waals surface area contributed by atoms with Gasteiger partial charge in [-0.25, -0.2) is 4.98 Å². The molecule has 1 nitrogen and oxygen atoms in total. The van der Waals surface area contributed by atoms with Crippen LogP contribution in [0.1, 0.15) is 5.56 Å². The summed E-state index contributed by atoms with van der Waals surface area (Å²) < 4.78 is 0. The van der Waals surface area contributed by atoms with Gasteiger partial charge in [0.05, 0.1) is 11.2 Å². The number of hydrogen-bond donors (Lipinski definition) is 0. The molecule has 0 atom stereocenters. The largest absolute Gasteiger partial charge is 0.248 e. The van der Waals surface area contributed by atoms with Crippen molar-refractivity contribution in [3.05, 3.63) is 65.2 Å². The van der Waals surface area contributed by atoms with Gasteiger partial charge in [0.1, 0.15) is 0 Å². The molecule has 0 unspecified atom stereocenters. The second-order valence-electron chi connectivity index (χ2n) is 4.35. The fourth-order valence-electron chi connectivity index (χ4n) is 1.98. The molecule has 0 aliphatic carbocycles. The van der Waals surface area contributed by atoms with Crippen molar-refractivity contribution in [3.63, 3.8) is 0 Å². The van der Waals surface area contributed by atoms with Crippen LogP contribution in [0, 0.1) is 6.92 Å². The number of hydrogen-bond acceptors (Lipinski definition) is 1. The first kappa shape index (κ1) is 11.2. The number of para-hydroxylation sites is 1. The van der Waals surface area contributed by atoms with E-state index in [1.807, 2.05) is 43.3 Å². The zero-order chi connectivity index (χ0) is 12.5. The zero-order valence-electron chi connectivity index (χ0n) is 10.0. The monoisotopic (exact) mass is 253 g/mol. The minimum atomic E-state index is 0.780. The highest BCUT2D eigenvalue weighted by atomic mass is 35.5. The van der Waals surface area contributed by atoms with Gasteiger partial charge in [0.15, 0.2) is 0 Å². The molecule has 0 radical (unpaired) electrons. The Labute approximate surface area is 111 Å². The average Bonchev–Trinajstić information content (AvgIpc) is 2.41. The third-order valence-corrected chi connectivity index (χ3v) is 3.47. The van der Waals surface area contributed by atoms with Gasteiger partial charge in [-0.3, -0.25) is 0 Å². The lowest BCUT2D eigenvalue weighted by Crippen LogP contribution is -1.86. The number of halogens is 1. The molecule has 0 N–H and O–H groups in total. The average molecular weight is 254 g/mol. The van der Waals surface area contributed by atoms with Gasteiger partial charge in [0, 0.05) is 16.0 Å². The molecule has 1 aromatic heterocycles. The number of nitrogens with zero attached hydrogens (tertiary/aromatic N) is 1. The van der Waals surface area contributed by atoms with Gasteiger partial charge < -0.3 is 0 Å². The maximum Gasteiger partial charge on any atom is 0.0710 e.